The Labute approximate surface area is 104 Å². The number of aryl methyl sites for hydroxylation is 1. The van der Waals surface area contributed by atoms with Gasteiger partial charge < -0.3 is 9.88 Å². The topological polar surface area (TPSA) is 34.0 Å². The van der Waals surface area contributed by atoms with Gasteiger partial charge in [-0.25, -0.2) is 0 Å². The van der Waals surface area contributed by atoms with Crippen molar-refractivity contribution in [2.24, 2.45) is 0 Å². The summed E-state index contributed by atoms with van der Waals surface area (Å²) in [6.45, 7) is 6.55. The predicted molar refractivity (Wildman–Crippen MR) is 72.3 cm³/mol. The Morgan fingerprint density at radius 1 is 1.29 bits per heavy atom. The summed E-state index contributed by atoms with van der Waals surface area (Å²) in [5.41, 5.74) is 0.0821. The third-order valence-corrected chi connectivity index (χ3v) is 2.91. The standard InChI is InChI=1S/C14H24N2O/c1-3-9-15-13(2)6-4-5-10-16-11-7-14(17)8-12-16/h7-8,11-13,15H,3-6,9-10H2,1-2H3. The molecule has 1 atom stereocenters. The Bertz CT molecular complexity index is 339. The fraction of sp³-hybridized carbons (Fsp3) is 0.643. The molecule has 0 radical (unpaired) electrons. The number of unbranched alkanes of at least 4 members (excludes halogenated alkanes) is 1. The molecule has 1 aromatic heterocycles. The highest BCUT2D eigenvalue weighted by Crippen LogP contribution is 2.02. The largest absolute Gasteiger partial charge is 0.354 e. The van der Waals surface area contributed by atoms with Crippen molar-refractivity contribution in [1.29, 1.82) is 0 Å². The summed E-state index contributed by atoms with van der Waals surface area (Å²) in [7, 11) is 0. The van der Waals surface area contributed by atoms with E-state index in [0.29, 0.717) is 6.04 Å². The van der Waals surface area contributed by atoms with E-state index in [4.69, 9.17) is 0 Å². The van der Waals surface area contributed by atoms with Crippen molar-refractivity contribution in [2.75, 3.05) is 6.54 Å². The summed E-state index contributed by atoms with van der Waals surface area (Å²) < 4.78 is 2.07. The number of hydrogen-bond donors (Lipinski definition) is 1. The molecule has 1 N–H and O–H groups in total. The van der Waals surface area contributed by atoms with Crippen LogP contribution in [0.15, 0.2) is 29.3 Å². The Morgan fingerprint density at radius 2 is 2.00 bits per heavy atom. The van der Waals surface area contributed by atoms with Gasteiger partial charge in [0.15, 0.2) is 5.43 Å². The van der Waals surface area contributed by atoms with Crippen LogP contribution < -0.4 is 10.7 Å². The summed E-state index contributed by atoms with van der Waals surface area (Å²) in [6, 6.07) is 3.85. The Morgan fingerprint density at radius 3 is 2.65 bits per heavy atom. The van der Waals surface area contributed by atoms with E-state index in [1.165, 1.54) is 25.7 Å². The SMILES string of the molecule is CCCNC(C)CCCCn1ccc(=O)cc1. The van der Waals surface area contributed by atoms with Crippen LogP contribution in [0.2, 0.25) is 0 Å². The molecule has 0 amide bonds. The molecule has 0 aliphatic rings. The van der Waals surface area contributed by atoms with Crippen molar-refractivity contribution >= 4 is 0 Å². The van der Waals surface area contributed by atoms with Crippen LogP contribution in [0, 0.1) is 0 Å². The highest BCUT2D eigenvalue weighted by atomic mass is 16.1. The van der Waals surface area contributed by atoms with E-state index >= 15 is 0 Å². The zero-order valence-corrected chi connectivity index (χ0v) is 11.0. The van der Waals surface area contributed by atoms with Crippen LogP contribution in [0.1, 0.15) is 39.5 Å². The molecule has 0 fully saturated rings. The van der Waals surface area contributed by atoms with Crippen molar-refractivity contribution in [3.63, 3.8) is 0 Å². The average Bonchev–Trinajstić information content (AvgIpc) is 2.34. The Balaban J connectivity index is 2.11. The fourth-order valence-electron chi connectivity index (χ4n) is 1.83. The minimum Gasteiger partial charge on any atom is -0.354 e. The molecule has 0 spiro atoms. The molecule has 0 saturated carbocycles. The lowest BCUT2D eigenvalue weighted by Gasteiger charge is -2.13. The van der Waals surface area contributed by atoms with E-state index in [9.17, 15) is 4.79 Å². The van der Waals surface area contributed by atoms with Gasteiger partial charge in [0, 0.05) is 37.1 Å². The normalized spacial score (nSPS) is 12.6. The Kier molecular flexibility index (Phi) is 6.63. The molecule has 1 aromatic rings. The van der Waals surface area contributed by atoms with Gasteiger partial charge >= 0.3 is 0 Å². The van der Waals surface area contributed by atoms with Crippen LogP contribution in [0.5, 0.6) is 0 Å². The smallest absolute Gasteiger partial charge is 0.181 e. The van der Waals surface area contributed by atoms with Gasteiger partial charge in [-0.15, -0.1) is 0 Å². The van der Waals surface area contributed by atoms with Crippen LogP contribution >= 0.6 is 0 Å². The second-order valence-corrected chi connectivity index (χ2v) is 4.62. The summed E-state index contributed by atoms with van der Waals surface area (Å²) in [4.78, 5) is 10.9. The maximum Gasteiger partial charge on any atom is 0.181 e. The van der Waals surface area contributed by atoms with E-state index in [0.717, 1.165) is 13.1 Å². The number of aromatic nitrogens is 1. The van der Waals surface area contributed by atoms with E-state index in [-0.39, 0.29) is 5.43 Å². The van der Waals surface area contributed by atoms with Crippen molar-refractivity contribution in [3.05, 3.63) is 34.7 Å². The van der Waals surface area contributed by atoms with Crippen molar-refractivity contribution in [2.45, 2.75) is 52.1 Å². The van der Waals surface area contributed by atoms with Gasteiger partial charge in [-0.3, -0.25) is 4.79 Å². The lowest BCUT2D eigenvalue weighted by molar-refractivity contribution is 0.475. The first-order valence-corrected chi connectivity index (χ1v) is 6.62. The highest BCUT2D eigenvalue weighted by Gasteiger charge is 1.99. The highest BCUT2D eigenvalue weighted by molar-refractivity contribution is 4.93. The number of rotatable bonds is 8. The second-order valence-electron chi connectivity index (χ2n) is 4.62. The minimum atomic E-state index is 0.0821. The van der Waals surface area contributed by atoms with E-state index in [1.807, 2.05) is 12.4 Å². The van der Waals surface area contributed by atoms with Crippen molar-refractivity contribution in [1.82, 2.24) is 9.88 Å². The minimum absolute atomic E-state index is 0.0821. The molecule has 0 aromatic carbocycles. The Hall–Kier alpha value is -1.09. The molecule has 0 aliphatic heterocycles. The number of pyridine rings is 1. The van der Waals surface area contributed by atoms with E-state index in [1.54, 1.807) is 12.1 Å². The van der Waals surface area contributed by atoms with Gasteiger partial charge in [0.2, 0.25) is 0 Å². The summed E-state index contributed by atoms with van der Waals surface area (Å²) >= 11 is 0. The molecule has 17 heavy (non-hydrogen) atoms. The van der Waals surface area contributed by atoms with Crippen LogP contribution in [-0.2, 0) is 6.54 Å². The van der Waals surface area contributed by atoms with Crippen LogP contribution in [0.3, 0.4) is 0 Å². The molecule has 3 nitrogen and oxygen atoms in total. The summed E-state index contributed by atoms with van der Waals surface area (Å²) in [5.74, 6) is 0. The number of nitrogens with zero attached hydrogens (tertiary/aromatic N) is 1. The first-order chi connectivity index (χ1) is 8.22. The van der Waals surface area contributed by atoms with E-state index < -0.39 is 0 Å². The zero-order chi connectivity index (χ0) is 12.5. The van der Waals surface area contributed by atoms with Gasteiger partial charge in [0.05, 0.1) is 0 Å². The number of nitrogens with one attached hydrogen (secondary N) is 1. The third kappa shape index (κ3) is 6.27. The van der Waals surface area contributed by atoms with Crippen LogP contribution in [-0.4, -0.2) is 17.2 Å². The number of hydrogen-bond acceptors (Lipinski definition) is 2. The molecule has 1 rings (SSSR count). The van der Waals surface area contributed by atoms with Crippen molar-refractivity contribution < 1.29 is 0 Å². The maximum absolute atomic E-state index is 10.9. The van der Waals surface area contributed by atoms with Gasteiger partial charge in [0.25, 0.3) is 0 Å². The quantitative estimate of drug-likeness (QED) is 0.703. The monoisotopic (exact) mass is 236 g/mol. The molecule has 1 unspecified atom stereocenters. The van der Waals surface area contributed by atoms with Crippen molar-refractivity contribution in [3.8, 4) is 0 Å². The molecular weight excluding hydrogens is 212 g/mol. The molecule has 0 bridgehead atoms. The molecular formula is C14H24N2O. The lowest BCUT2D eigenvalue weighted by Crippen LogP contribution is -2.26. The molecule has 3 heteroatoms. The van der Waals surface area contributed by atoms with Gasteiger partial charge in [-0.2, -0.15) is 0 Å². The zero-order valence-electron chi connectivity index (χ0n) is 11.0. The first-order valence-electron chi connectivity index (χ1n) is 6.62. The predicted octanol–water partition coefficient (Wildman–Crippen LogP) is 2.41. The second kappa shape index (κ2) is 8.07. The fourth-order valence-corrected chi connectivity index (χ4v) is 1.83. The lowest BCUT2D eigenvalue weighted by atomic mass is 10.1. The molecule has 96 valence electrons. The van der Waals surface area contributed by atoms with E-state index in [2.05, 4.69) is 23.7 Å². The summed E-state index contributed by atoms with van der Waals surface area (Å²) in [6.07, 6.45) is 8.54. The van der Waals surface area contributed by atoms with Gasteiger partial charge in [-0.05, 0) is 32.7 Å². The molecule has 1 heterocycles. The maximum atomic E-state index is 10.9. The van der Waals surface area contributed by atoms with Gasteiger partial charge in [-0.1, -0.05) is 13.3 Å². The molecule has 0 aliphatic carbocycles. The van der Waals surface area contributed by atoms with Crippen LogP contribution in [0.4, 0.5) is 0 Å². The first kappa shape index (κ1) is 14.0. The average molecular weight is 236 g/mol. The third-order valence-electron chi connectivity index (χ3n) is 2.91. The molecule has 0 saturated heterocycles. The summed E-state index contributed by atoms with van der Waals surface area (Å²) in [5, 5.41) is 3.49. The van der Waals surface area contributed by atoms with Crippen LogP contribution in [0.25, 0.3) is 0 Å². The van der Waals surface area contributed by atoms with Gasteiger partial charge in [0.1, 0.15) is 0 Å².